The highest BCUT2D eigenvalue weighted by Crippen LogP contribution is 2.30. The number of nitrogens with one attached hydrogen (secondary N) is 1. The van der Waals surface area contributed by atoms with Gasteiger partial charge >= 0.3 is 0 Å². The summed E-state index contributed by atoms with van der Waals surface area (Å²) in [6.07, 6.45) is 0. The van der Waals surface area contributed by atoms with E-state index in [9.17, 15) is 4.79 Å². The monoisotopic (exact) mass is 358 g/mol. The molecule has 0 aliphatic carbocycles. The maximum atomic E-state index is 12.6. The number of carbonyl (C=O) groups excluding carboxylic acids is 1. The Morgan fingerprint density at radius 1 is 1.12 bits per heavy atom. The molecule has 0 radical (unpaired) electrons. The predicted molar refractivity (Wildman–Crippen MR) is 97.3 cm³/mol. The van der Waals surface area contributed by atoms with E-state index in [1.54, 1.807) is 45.4 Å². The van der Waals surface area contributed by atoms with Gasteiger partial charge in [-0.1, -0.05) is 0 Å². The van der Waals surface area contributed by atoms with Crippen LogP contribution in [0.25, 0.3) is 0 Å². The van der Waals surface area contributed by atoms with Crippen molar-refractivity contribution < 1.29 is 19.0 Å². The highest BCUT2D eigenvalue weighted by atomic mass is 16.5. The summed E-state index contributed by atoms with van der Waals surface area (Å²) in [6, 6.07) is 6.89. The maximum Gasteiger partial charge on any atom is 0.274 e. The Morgan fingerprint density at radius 3 is 2.54 bits per heavy atom. The smallest absolute Gasteiger partial charge is 0.274 e. The molecule has 0 atom stereocenters. The van der Waals surface area contributed by atoms with Crippen LogP contribution in [-0.2, 0) is 4.74 Å². The Hall–Kier alpha value is -2.87. The first kappa shape index (κ1) is 17.9. The number of anilines is 2. The Kier molecular flexibility index (Phi) is 5.52. The SMILES string of the molecule is COc1ccc(NC(=O)c2cc(N3CCOCC3)nc(C)n2)cc1OC. The lowest BCUT2D eigenvalue weighted by Gasteiger charge is -2.28. The molecule has 0 unspecified atom stereocenters. The van der Waals surface area contributed by atoms with Gasteiger partial charge in [0, 0.05) is 30.9 Å². The minimum atomic E-state index is -0.308. The first-order valence-electron chi connectivity index (χ1n) is 8.32. The molecule has 1 aliphatic heterocycles. The second kappa shape index (κ2) is 8.01. The zero-order valence-electron chi connectivity index (χ0n) is 15.1. The van der Waals surface area contributed by atoms with Gasteiger partial charge in [-0.25, -0.2) is 9.97 Å². The molecule has 1 amide bonds. The van der Waals surface area contributed by atoms with Crippen LogP contribution >= 0.6 is 0 Å². The van der Waals surface area contributed by atoms with E-state index in [1.807, 2.05) is 0 Å². The van der Waals surface area contributed by atoms with Crippen LogP contribution in [0.1, 0.15) is 16.3 Å². The van der Waals surface area contributed by atoms with Crippen LogP contribution in [-0.4, -0.2) is 56.4 Å². The highest BCUT2D eigenvalue weighted by Gasteiger charge is 2.17. The Bertz CT molecular complexity index is 791. The van der Waals surface area contributed by atoms with Gasteiger partial charge in [-0.05, 0) is 19.1 Å². The summed E-state index contributed by atoms with van der Waals surface area (Å²) in [4.78, 5) is 23.4. The maximum absolute atomic E-state index is 12.6. The normalized spacial score (nSPS) is 14.0. The summed E-state index contributed by atoms with van der Waals surface area (Å²) in [5.74, 6) is 2.11. The molecular weight excluding hydrogens is 336 g/mol. The van der Waals surface area contributed by atoms with E-state index < -0.39 is 0 Å². The lowest BCUT2D eigenvalue weighted by atomic mass is 10.2. The number of rotatable bonds is 5. The fourth-order valence-corrected chi connectivity index (χ4v) is 2.73. The molecule has 138 valence electrons. The molecule has 1 N–H and O–H groups in total. The van der Waals surface area contributed by atoms with Gasteiger partial charge in [0.25, 0.3) is 5.91 Å². The minimum absolute atomic E-state index is 0.308. The third-order valence-corrected chi connectivity index (χ3v) is 4.03. The molecule has 0 spiro atoms. The summed E-state index contributed by atoms with van der Waals surface area (Å²) in [6.45, 7) is 4.56. The number of hydrogen-bond donors (Lipinski definition) is 1. The molecule has 3 rings (SSSR count). The number of aromatic nitrogens is 2. The van der Waals surface area contributed by atoms with Crippen molar-refractivity contribution in [1.82, 2.24) is 9.97 Å². The largest absolute Gasteiger partial charge is 0.493 e. The molecular formula is C18H22N4O4. The molecule has 8 heteroatoms. The summed E-state index contributed by atoms with van der Waals surface area (Å²) in [5, 5.41) is 2.83. The number of methoxy groups -OCH3 is 2. The van der Waals surface area contributed by atoms with Gasteiger partial charge in [-0.15, -0.1) is 0 Å². The fraction of sp³-hybridized carbons (Fsp3) is 0.389. The predicted octanol–water partition coefficient (Wildman–Crippen LogP) is 1.89. The van der Waals surface area contributed by atoms with Crippen molar-refractivity contribution in [3.8, 4) is 11.5 Å². The van der Waals surface area contributed by atoms with Gasteiger partial charge in [0.15, 0.2) is 11.5 Å². The van der Waals surface area contributed by atoms with Gasteiger partial charge in [0.2, 0.25) is 0 Å². The van der Waals surface area contributed by atoms with Gasteiger partial charge < -0.3 is 24.4 Å². The van der Waals surface area contributed by atoms with Crippen LogP contribution in [0.3, 0.4) is 0 Å². The molecule has 1 aliphatic rings. The van der Waals surface area contributed by atoms with Crippen LogP contribution in [0.5, 0.6) is 11.5 Å². The van der Waals surface area contributed by atoms with E-state index in [0.717, 1.165) is 18.9 Å². The van der Waals surface area contributed by atoms with E-state index in [-0.39, 0.29) is 5.91 Å². The Balaban J connectivity index is 1.80. The van der Waals surface area contributed by atoms with Crippen molar-refractivity contribution >= 4 is 17.4 Å². The van der Waals surface area contributed by atoms with Crippen molar-refractivity contribution in [2.45, 2.75) is 6.92 Å². The number of hydrogen-bond acceptors (Lipinski definition) is 7. The molecule has 2 heterocycles. The number of amides is 1. The van der Waals surface area contributed by atoms with Crippen LogP contribution in [0.2, 0.25) is 0 Å². The van der Waals surface area contributed by atoms with Gasteiger partial charge in [-0.3, -0.25) is 4.79 Å². The van der Waals surface area contributed by atoms with Crippen molar-refractivity contribution in [3.05, 3.63) is 35.8 Å². The fourth-order valence-electron chi connectivity index (χ4n) is 2.73. The number of nitrogens with zero attached hydrogens (tertiary/aromatic N) is 3. The zero-order valence-corrected chi connectivity index (χ0v) is 15.1. The van der Waals surface area contributed by atoms with Crippen LogP contribution in [0.4, 0.5) is 11.5 Å². The molecule has 1 saturated heterocycles. The van der Waals surface area contributed by atoms with E-state index in [1.165, 1.54) is 0 Å². The Morgan fingerprint density at radius 2 is 1.85 bits per heavy atom. The molecule has 1 aromatic carbocycles. The molecule has 1 aromatic heterocycles. The quantitative estimate of drug-likeness (QED) is 0.873. The van der Waals surface area contributed by atoms with Crippen molar-refractivity contribution in [2.75, 3.05) is 50.7 Å². The third-order valence-electron chi connectivity index (χ3n) is 4.03. The van der Waals surface area contributed by atoms with E-state index in [2.05, 4.69) is 20.2 Å². The number of aryl methyl sites for hydroxylation is 1. The van der Waals surface area contributed by atoms with Crippen molar-refractivity contribution in [1.29, 1.82) is 0 Å². The van der Waals surface area contributed by atoms with Gasteiger partial charge in [0.1, 0.15) is 17.3 Å². The molecule has 0 saturated carbocycles. The van der Waals surface area contributed by atoms with Crippen molar-refractivity contribution in [3.63, 3.8) is 0 Å². The average molecular weight is 358 g/mol. The molecule has 26 heavy (non-hydrogen) atoms. The second-order valence-electron chi connectivity index (χ2n) is 5.78. The lowest BCUT2D eigenvalue weighted by molar-refractivity contribution is 0.102. The van der Waals surface area contributed by atoms with E-state index >= 15 is 0 Å². The van der Waals surface area contributed by atoms with E-state index in [4.69, 9.17) is 14.2 Å². The summed E-state index contributed by atoms with van der Waals surface area (Å²) < 4.78 is 15.8. The molecule has 2 aromatic rings. The number of ether oxygens (including phenoxy) is 3. The van der Waals surface area contributed by atoms with Crippen LogP contribution in [0, 0.1) is 6.92 Å². The number of morpholine rings is 1. The molecule has 8 nitrogen and oxygen atoms in total. The molecule has 0 bridgehead atoms. The summed E-state index contributed by atoms with van der Waals surface area (Å²) in [5.41, 5.74) is 0.908. The lowest BCUT2D eigenvalue weighted by Crippen LogP contribution is -2.37. The van der Waals surface area contributed by atoms with E-state index in [0.29, 0.717) is 41.9 Å². The van der Waals surface area contributed by atoms with Gasteiger partial charge in [0.05, 0.1) is 27.4 Å². The minimum Gasteiger partial charge on any atom is -0.493 e. The second-order valence-corrected chi connectivity index (χ2v) is 5.78. The van der Waals surface area contributed by atoms with Gasteiger partial charge in [-0.2, -0.15) is 0 Å². The van der Waals surface area contributed by atoms with Crippen molar-refractivity contribution in [2.24, 2.45) is 0 Å². The third kappa shape index (κ3) is 4.02. The summed E-state index contributed by atoms with van der Waals surface area (Å²) in [7, 11) is 3.11. The molecule has 1 fully saturated rings. The highest BCUT2D eigenvalue weighted by molar-refractivity contribution is 6.03. The first-order valence-corrected chi connectivity index (χ1v) is 8.32. The Labute approximate surface area is 152 Å². The number of carbonyl (C=O) groups is 1. The van der Waals surface area contributed by atoms with Crippen LogP contribution in [0.15, 0.2) is 24.3 Å². The summed E-state index contributed by atoms with van der Waals surface area (Å²) >= 11 is 0. The topological polar surface area (TPSA) is 85.8 Å². The average Bonchev–Trinajstić information content (AvgIpc) is 2.68. The van der Waals surface area contributed by atoms with Crippen LogP contribution < -0.4 is 19.7 Å². The zero-order chi connectivity index (χ0) is 18.5. The first-order chi connectivity index (χ1) is 12.6. The number of benzene rings is 1. The standard InChI is InChI=1S/C18H22N4O4/c1-12-19-14(11-17(20-12)22-6-8-26-9-7-22)18(23)21-13-4-5-15(24-2)16(10-13)25-3/h4-5,10-11H,6-9H2,1-3H3,(H,21,23).